The Morgan fingerprint density at radius 2 is 2.06 bits per heavy atom. The predicted molar refractivity (Wildman–Crippen MR) is 67.9 cm³/mol. The van der Waals surface area contributed by atoms with Gasteiger partial charge in [0.1, 0.15) is 6.10 Å². The average Bonchev–Trinajstić information content (AvgIpc) is 2.86. The number of amides is 1. The minimum atomic E-state index is -0.348. The molecule has 5 heteroatoms. The van der Waals surface area contributed by atoms with Gasteiger partial charge in [-0.3, -0.25) is 4.79 Å². The monoisotopic (exact) mass is 256 g/mol. The predicted octanol–water partition coefficient (Wildman–Crippen LogP) is 0.160. The van der Waals surface area contributed by atoms with Gasteiger partial charge in [-0.15, -0.1) is 0 Å². The molecular weight excluding hydrogens is 232 g/mol. The van der Waals surface area contributed by atoms with Crippen molar-refractivity contribution in [1.29, 1.82) is 0 Å². The summed E-state index contributed by atoms with van der Waals surface area (Å²) in [6.45, 7) is 1.04. The topological polar surface area (TPSA) is 84.6 Å². The highest BCUT2D eigenvalue weighted by atomic mass is 16.5. The van der Waals surface area contributed by atoms with Crippen LogP contribution in [0.4, 0.5) is 0 Å². The first-order valence-corrected chi connectivity index (χ1v) is 7.02. The van der Waals surface area contributed by atoms with Gasteiger partial charge < -0.3 is 20.9 Å². The molecule has 1 aliphatic carbocycles. The van der Waals surface area contributed by atoms with E-state index < -0.39 is 0 Å². The number of rotatable bonds is 4. The lowest BCUT2D eigenvalue weighted by molar-refractivity contribution is -0.132. The molecule has 4 atom stereocenters. The molecule has 2 aliphatic rings. The molecule has 0 spiro atoms. The Bertz CT molecular complexity index is 285. The van der Waals surface area contributed by atoms with Gasteiger partial charge >= 0.3 is 0 Å². The van der Waals surface area contributed by atoms with E-state index in [2.05, 4.69) is 5.32 Å². The molecule has 2 fully saturated rings. The third-order valence-electron chi connectivity index (χ3n) is 4.07. The molecule has 5 nitrogen and oxygen atoms in total. The number of nitrogens with one attached hydrogen (secondary N) is 1. The van der Waals surface area contributed by atoms with E-state index in [1.54, 1.807) is 0 Å². The Morgan fingerprint density at radius 1 is 1.28 bits per heavy atom. The summed E-state index contributed by atoms with van der Waals surface area (Å²) in [5, 5.41) is 12.7. The van der Waals surface area contributed by atoms with Crippen molar-refractivity contribution >= 4 is 5.91 Å². The number of ether oxygens (including phenoxy) is 1. The fourth-order valence-electron chi connectivity index (χ4n) is 2.84. The van der Waals surface area contributed by atoms with E-state index in [-0.39, 0.29) is 30.1 Å². The van der Waals surface area contributed by atoms with Crippen LogP contribution in [-0.2, 0) is 9.53 Å². The summed E-state index contributed by atoms with van der Waals surface area (Å²) in [7, 11) is 0. The van der Waals surface area contributed by atoms with E-state index in [1.165, 1.54) is 0 Å². The van der Waals surface area contributed by atoms with Crippen LogP contribution in [0.1, 0.15) is 38.5 Å². The van der Waals surface area contributed by atoms with E-state index in [4.69, 9.17) is 10.5 Å². The molecule has 1 saturated carbocycles. The van der Waals surface area contributed by atoms with Crippen LogP contribution >= 0.6 is 0 Å². The highest BCUT2D eigenvalue weighted by Crippen LogP contribution is 2.24. The molecule has 1 amide bonds. The first-order chi connectivity index (χ1) is 8.70. The van der Waals surface area contributed by atoms with E-state index in [9.17, 15) is 9.90 Å². The number of aliphatic hydroxyl groups is 1. The molecule has 1 saturated heterocycles. The molecule has 0 aromatic rings. The van der Waals surface area contributed by atoms with Crippen molar-refractivity contribution in [3.63, 3.8) is 0 Å². The van der Waals surface area contributed by atoms with Crippen LogP contribution in [0.3, 0.4) is 0 Å². The number of carbonyl (C=O) groups excluding carboxylic acids is 1. The summed E-state index contributed by atoms with van der Waals surface area (Å²) in [4.78, 5) is 11.9. The molecular formula is C13H24N2O3. The number of hydrogen-bond donors (Lipinski definition) is 3. The minimum Gasteiger partial charge on any atom is -0.393 e. The largest absolute Gasteiger partial charge is 0.393 e. The first-order valence-electron chi connectivity index (χ1n) is 7.02. The summed E-state index contributed by atoms with van der Waals surface area (Å²) in [5.41, 5.74) is 5.52. The Labute approximate surface area is 108 Å². The van der Waals surface area contributed by atoms with Crippen molar-refractivity contribution in [2.45, 2.75) is 56.8 Å². The van der Waals surface area contributed by atoms with E-state index >= 15 is 0 Å². The lowest BCUT2D eigenvalue weighted by atomic mass is 9.86. The second-order valence-corrected chi connectivity index (χ2v) is 5.42. The highest BCUT2D eigenvalue weighted by Gasteiger charge is 2.31. The van der Waals surface area contributed by atoms with Crippen LogP contribution in [-0.4, -0.2) is 42.4 Å². The average molecular weight is 256 g/mol. The normalized spacial score (nSPS) is 36.6. The number of hydrogen-bond acceptors (Lipinski definition) is 4. The summed E-state index contributed by atoms with van der Waals surface area (Å²) >= 11 is 0. The molecule has 1 heterocycles. The fourth-order valence-corrected chi connectivity index (χ4v) is 2.84. The molecule has 0 aromatic heterocycles. The molecule has 2 unspecified atom stereocenters. The fraction of sp³-hybridized carbons (Fsp3) is 0.923. The summed E-state index contributed by atoms with van der Waals surface area (Å²) < 4.78 is 5.54. The lowest BCUT2D eigenvalue weighted by Crippen LogP contribution is -2.41. The SMILES string of the molecule is NC[C@H]1CC[C@@H](C(=O)NCC2CCCCC2O)O1. The molecule has 0 bridgehead atoms. The first kappa shape index (κ1) is 13.8. The van der Waals surface area contributed by atoms with Gasteiger partial charge in [-0.1, -0.05) is 12.8 Å². The second-order valence-electron chi connectivity index (χ2n) is 5.42. The maximum atomic E-state index is 11.9. The summed E-state index contributed by atoms with van der Waals surface area (Å²) in [6.07, 6.45) is 5.12. The zero-order chi connectivity index (χ0) is 13.0. The van der Waals surface area contributed by atoms with E-state index in [1.807, 2.05) is 0 Å². The van der Waals surface area contributed by atoms with Crippen molar-refractivity contribution in [2.24, 2.45) is 11.7 Å². The van der Waals surface area contributed by atoms with Crippen LogP contribution in [0, 0.1) is 5.92 Å². The van der Waals surface area contributed by atoms with Crippen LogP contribution in [0.25, 0.3) is 0 Å². The van der Waals surface area contributed by atoms with Crippen LogP contribution in [0.2, 0.25) is 0 Å². The van der Waals surface area contributed by atoms with Gasteiger partial charge in [-0.25, -0.2) is 0 Å². The third kappa shape index (κ3) is 3.43. The maximum absolute atomic E-state index is 11.9. The van der Waals surface area contributed by atoms with Crippen molar-refractivity contribution < 1.29 is 14.6 Å². The van der Waals surface area contributed by atoms with Gasteiger partial charge in [0.25, 0.3) is 0 Å². The van der Waals surface area contributed by atoms with E-state index in [0.29, 0.717) is 13.1 Å². The Balaban J connectivity index is 1.71. The van der Waals surface area contributed by atoms with Crippen LogP contribution < -0.4 is 11.1 Å². The van der Waals surface area contributed by atoms with Crippen molar-refractivity contribution in [2.75, 3.05) is 13.1 Å². The zero-order valence-corrected chi connectivity index (χ0v) is 10.8. The van der Waals surface area contributed by atoms with Gasteiger partial charge in [0.05, 0.1) is 12.2 Å². The van der Waals surface area contributed by atoms with E-state index in [0.717, 1.165) is 38.5 Å². The Kier molecular flexibility index (Phi) is 4.97. The Morgan fingerprint density at radius 3 is 2.72 bits per heavy atom. The Hall–Kier alpha value is -0.650. The maximum Gasteiger partial charge on any atom is 0.249 e. The van der Waals surface area contributed by atoms with Crippen molar-refractivity contribution in [3.8, 4) is 0 Å². The van der Waals surface area contributed by atoms with Gasteiger partial charge in [0.2, 0.25) is 5.91 Å². The zero-order valence-electron chi connectivity index (χ0n) is 10.8. The summed E-state index contributed by atoms with van der Waals surface area (Å²) in [5.74, 6) is 0.151. The molecule has 0 aromatic carbocycles. The lowest BCUT2D eigenvalue weighted by Gasteiger charge is -2.28. The smallest absolute Gasteiger partial charge is 0.249 e. The molecule has 2 rings (SSSR count). The molecule has 104 valence electrons. The number of aliphatic hydroxyl groups excluding tert-OH is 1. The van der Waals surface area contributed by atoms with Gasteiger partial charge in [0, 0.05) is 19.0 Å². The quantitative estimate of drug-likeness (QED) is 0.669. The van der Waals surface area contributed by atoms with Crippen molar-refractivity contribution in [3.05, 3.63) is 0 Å². The molecule has 0 radical (unpaired) electrons. The van der Waals surface area contributed by atoms with Crippen LogP contribution in [0.15, 0.2) is 0 Å². The van der Waals surface area contributed by atoms with Crippen LogP contribution in [0.5, 0.6) is 0 Å². The second kappa shape index (κ2) is 6.50. The van der Waals surface area contributed by atoms with Crippen molar-refractivity contribution in [1.82, 2.24) is 5.32 Å². The minimum absolute atomic E-state index is 0.0287. The third-order valence-corrected chi connectivity index (χ3v) is 4.07. The number of carbonyl (C=O) groups is 1. The van der Waals surface area contributed by atoms with Gasteiger partial charge in [0.15, 0.2) is 0 Å². The molecule has 1 aliphatic heterocycles. The standard InChI is InChI=1S/C13H24N2O3/c14-7-10-5-6-12(18-10)13(17)15-8-9-3-1-2-4-11(9)16/h9-12,16H,1-8,14H2,(H,15,17)/t9?,10-,11?,12+/m1/s1. The molecule has 18 heavy (non-hydrogen) atoms. The highest BCUT2D eigenvalue weighted by molar-refractivity contribution is 5.81. The molecule has 4 N–H and O–H groups in total. The van der Waals surface area contributed by atoms with Gasteiger partial charge in [-0.05, 0) is 25.7 Å². The summed E-state index contributed by atoms with van der Waals surface area (Å²) in [6, 6.07) is 0. The van der Waals surface area contributed by atoms with Gasteiger partial charge in [-0.2, -0.15) is 0 Å². The number of nitrogens with two attached hydrogens (primary N) is 1.